The summed E-state index contributed by atoms with van der Waals surface area (Å²) in [6.45, 7) is 0.393. The van der Waals surface area contributed by atoms with E-state index in [1.165, 1.54) is 16.2 Å². The molecule has 0 spiro atoms. The Morgan fingerprint density at radius 3 is 2.44 bits per heavy atom. The van der Waals surface area contributed by atoms with Gasteiger partial charge in [-0.2, -0.15) is 0 Å². The van der Waals surface area contributed by atoms with Gasteiger partial charge >= 0.3 is 5.97 Å². The fourth-order valence-electron chi connectivity index (χ4n) is 4.58. The SMILES string of the molecule is CN(C(=O)C1(CC(=O)O)Cc2ccccc2C1)c1nc(-c2ccc(OCc3ccncc3)nc2)cs1. The summed E-state index contributed by atoms with van der Waals surface area (Å²) in [6.07, 6.45) is 5.69. The number of anilines is 1. The van der Waals surface area contributed by atoms with E-state index < -0.39 is 11.4 Å². The van der Waals surface area contributed by atoms with Crippen LogP contribution in [-0.4, -0.2) is 39.0 Å². The number of fused-ring (bicyclic) bond motifs is 1. The fraction of sp³-hybridized carbons (Fsp3) is 0.222. The number of carbonyl (C=O) groups is 2. The number of hydrogen-bond donors (Lipinski definition) is 1. The molecule has 1 aliphatic rings. The van der Waals surface area contributed by atoms with Crippen molar-refractivity contribution in [2.45, 2.75) is 25.9 Å². The molecule has 4 aromatic rings. The Bertz CT molecular complexity index is 1360. The maximum Gasteiger partial charge on any atom is 0.304 e. The fourth-order valence-corrected chi connectivity index (χ4v) is 5.38. The van der Waals surface area contributed by atoms with E-state index in [0.29, 0.717) is 36.2 Å². The van der Waals surface area contributed by atoms with Gasteiger partial charge in [-0.15, -0.1) is 11.3 Å². The van der Waals surface area contributed by atoms with E-state index in [0.717, 1.165) is 22.3 Å². The van der Waals surface area contributed by atoms with Gasteiger partial charge in [0.05, 0.1) is 17.5 Å². The molecular weight excluding hydrogens is 476 g/mol. The topological polar surface area (TPSA) is 106 Å². The first-order valence-electron chi connectivity index (χ1n) is 11.4. The summed E-state index contributed by atoms with van der Waals surface area (Å²) in [5.41, 5.74) is 3.51. The van der Waals surface area contributed by atoms with E-state index >= 15 is 0 Å². The number of rotatable bonds is 8. The van der Waals surface area contributed by atoms with Gasteiger partial charge in [0.1, 0.15) is 6.61 Å². The number of amides is 1. The van der Waals surface area contributed by atoms with Crippen LogP contribution >= 0.6 is 11.3 Å². The third kappa shape index (κ3) is 4.83. The molecule has 8 nitrogen and oxygen atoms in total. The maximum atomic E-state index is 13.6. The number of nitrogens with zero attached hydrogens (tertiary/aromatic N) is 4. The summed E-state index contributed by atoms with van der Waals surface area (Å²) in [5, 5.41) is 12.0. The van der Waals surface area contributed by atoms with Gasteiger partial charge in [-0.3, -0.25) is 19.5 Å². The van der Waals surface area contributed by atoms with Crippen LogP contribution in [0, 0.1) is 5.41 Å². The highest BCUT2D eigenvalue weighted by Gasteiger charge is 2.47. The van der Waals surface area contributed by atoms with Crippen LogP contribution in [0.2, 0.25) is 0 Å². The molecule has 182 valence electrons. The zero-order valence-corrected chi connectivity index (χ0v) is 20.4. The first-order chi connectivity index (χ1) is 17.4. The zero-order chi connectivity index (χ0) is 25.1. The second-order valence-corrected chi connectivity index (χ2v) is 9.72. The maximum absolute atomic E-state index is 13.6. The number of pyridine rings is 2. The van der Waals surface area contributed by atoms with E-state index in [9.17, 15) is 14.7 Å². The summed E-state index contributed by atoms with van der Waals surface area (Å²) in [7, 11) is 1.66. The Morgan fingerprint density at radius 1 is 1.08 bits per heavy atom. The quantitative estimate of drug-likeness (QED) is 0.382. The van der Waals surface area contributed by atoms with Gasteiger partial charge in [0.15, 0.2) is 5.13 Å². The molecule has 0 radical (unpaired) electrons. The molecule has 1 amide bonds. The molecule has 1 aromatic carbocycles. The largest absolute Gasteiger partial charge is 0.481 e. The number of aliphatic carboxylic acids is 1. The van der Waals surface area contributed by atoms with Crippen molar-refractivity contribution in [3.05, 3.63) is 89.2 Å². The molecule has 0 bridgehead atoms. The minimum atomic E-state index is -1.02. The molecule has 9 heteroatoms. The highest BCUT2D eigenvalue weighted by molar-refractivity contribution is 7.14. The number of benzene rings is 1. The Morgan fingerprint density at radius 2 is 1.81 bits per heavy atom. The number of carboxylic acid groups (broad SMARTS) is 1. The van der Waals surface area contributed by atoms with Crippen molar-refractivity contribution < 1.29 is 19.4 Å². The Labute approximate surface area is 212 Å². The van der Waals surface area contributed by atoms with Crippen molar-refractivity contribution in [3.63, 3.8) is 0 Å². The molecule has 0 saturated carbocycles. The molecule has 0 unspecified atom stereocenters. The van der Waals surface area contributed by atoms with E-state index in [-0.39, 0.29) is 12.3 Å². The van der Waals surface area contributed by atoms with Crippen molar-refractivity contribution in [2.24, 2.45) is 5.41 Å². The molecule has 1 N–H and O–H groups in total. The second kappa shape index (κ2) is 9.87. The zero-order valence-electron chi connectivity index (χ0n) is 19.6. The molecule has 0 saturated heterocycles. The predicted molar refractivity (Wildman–Crippen MR) is 136 cm³/mol. The van der Waals surface area contributed by atoms with Crippen LogP contribution < -0.4 is 9.64 Å². The lowest BCUT2D eigenvalue weighted by Gasteiger charge is -2.30. The summed E-state index contributed by atoms with van der Waals surface area (Å²) < 4.78 is 5.73. The molecule has 3 aromatic heterocycles. The Kier molecular flexibility index (Phi) is 6.47. The normalized spacial score (nSPS) is 13.7. The number of carboxylic acids is 1. The number of hydrogen-bond acceptors (Lipinski definition) is 7. The second-order valence-electron chi connectivity index (χ2n) is 8.88. The van der Waals surface area contributed by atoms with Crippen LogP contribution in [0.3, 0.4) is 0 Å². The number of thiazole rings is 1. The van der Waals surface area contributed by atoms with Crippen LogP contribution in [0.4, 0.5) is 5.13 Å². The number of carbonyl (C=O) groups excluding carboxylic acids is 1. The van der Waals surface area contributed by atoms with Crippen LogP contribution in [0.15, 0.2) is 72.5 Å². The molecule has 0 atom stereocenters. The summed E-state index contributed by atoms with van der Waals surface area (Å²) >= 11 is 1.33. The van der Waals surface area contributed by atoms with Gasteiger partial charge in [0.2, 0.25) is 11.8 Å². The number of ether oxygens (including phenoxy) is 1. The van der Waals surface area contributed by atoms with Crippen LogP contribution in [0.5, 0.6) is 5.88 Å². The molecule has 3 heterocycles. The molecular formula is C27H24N4O4S. The van der Waals surface area contributed by atoms with Crippen molar-refractivity contribution in [2.75, 3.05) is 11.9 Å². The van der Waals surface area contributed by atoms with Crippen molar-refractivity contribution in [1.29, 1.82) is 0 Å². The van der Waals surface area contributed by atoms with Gasteiger partial charge in [0, 0.05) is 42.6 Å². The minimum absolute atomic E-state index is 0.228. The first kappa shape index (κ1) is 23.6. The lowest BCUT2D eigenvalue weighted by molar-refractivity contribution is -0.144. The highest BCUT2D eigenvalue weighted by Crippen LogP contribution is 2.42. The third-order valence-corrected chi connectivity index (χ3v) is 7.29. The smallest absolute Gasteiger partial charge is 0.304 e. The average molecular weight is 501 g/mol. The van der Waals surface area contributed by atoms with Crippen molar-refractivity contribution in [3.8, 4) is 17.1 Å². The highest BCUT2D eigenvalue weighted by atomic mass is 32.1. The molecule has 5 rings (SSSR count). The third-order valence-electron chi connectivity index (χ3n) is 6.37. The van der Waals surface area contributed by atoms with Crippen LogP contribution in [0.1, 0.15) is 23.1 Å². The lowest BCUT2D eigenvalue weighted by atomic mass is 9.80. The molecule has 0 fully saturated rings. The van der Waals surface area contributed by atoms with Crippen molar-refractivity contribution >= 4 is 28.3 Å². The van der Waals surface area contributed by atoms with E-state index in [4.69, 9.17) is 4.74 Å². The minimum Gasteiger partial charge on any atom is -0.481 e. The Hall–Kier alpha value is -4.11. The Balaban J connectivity index is 1.30. The summed E-state index contributed by atoms with van der Waals surface area (Å²) in [4.78, 5) is 39.9. The lowest BCUT2D eigenvalue weighted by Crippen LogP contribution is -2.44. The van der Waals surface area contributed by atoms with E-state index in [1.54, 1.807) is 31.7 Å². The first-order valence-corrected chi connectivity index (χ1v) is 12.3. The van der Waals surface area contributed by atoms with Gasteiger partial charge in [0.25, 0.3) is 0 Å². The van der Waals surface area contributed by atoms with Crippen LogP contribution in [-0.2, 0) is 29.0 Å². The van der Waals surface area contributed by atoms with Crippen LogP contribution in [0.25, 0.3) is 11.3 Å². The van der Waals surface area contributed by atoms with Gasteiger partial charge in [-0.1, -0.05) is 24.3 Å². The van der Waals surface area contributed by atoms with Gasteiger partial charge in [-0.05, 0) is 47.7 Å². The molecule has 1 aliphatic carbocycles. The molecule has 36 heavy (non-hydrogen) atoms. The van der Waals surface area contributed by atoms with Gasteiger partial charge in [-0.25, -0.2) is 9.97 Å². The number of aromatic nitrogens is 3. The summed E-state index contributed by atoms with van der Waals surface area (Å²) in [6, 6.07) is 15.2. The predicted octanol–water partition coefficient (Wildman–Crippen LogP) is 4.40. The van der Waals surface area contributed by atoms with Gasteiger partial charge < -0.3 is 9.84 Å². The summed E-state index contributed by atoms with van der Waals surface area (Å²) in [5.74, 6) is -0.726. The van der Waals surface area contributed by atoms with E-state index in [1.807, 2.05) is 47.8 Å². The standard InChI is InChI=1S/C27H24N4O4S/c1-31(25(34)27(14-24(32)33)12-19-4-2-3-5-20(19)13-27)26-30-22(17-36-26)21-6-7-23(29-15-21)35-16-18-8-10-28-11-9-18/h2-11,15,17H,12-14,16H2,1H3,(H,32,33). The van der Waals surface area contributed by atoms with E-state index in [2.05, 4.69) is 15.0 Å². The monoisotopic (exact) mass is 500 g/mol. The van der Waals surface area contributed by atoms with Crippen molar-refractivity contribution in [1.82, 2.24) is 15.0 Å². The molecule has 0 aliphatic heterocycles. The average Bonchev–Trinajstić information content (AvgIpc) is 3.53.